The number of imidazole rings is 2. The molecule has 0 saturated carbocycles. The molecule has 0 saturated heterocycles. The van der Waals surface area contributed by atoms with E-state index in [4.69, 9.17) is 14.7 Å². The summed E-state index contributed by atoms with van der Waals surface area (Å²) < 4.78 is 9.55. The van der Waals surface area contributed by atoms with Gasteiger partial charge in [-0.15, -0.1) is 0 Å². The number of hydrogen-bond acceptors (Lipinski definition) is 6. The van der Waals surface area contributed by atoms with E-state index in [-0.39, 0.29) is 6.61 Å². The third-order valence-corrected chi connectivity index (χ3v) is 10.4. The first-order valence-electron chi connectivity index (χ1n) is 19.0. The molecule has 2 aromatic heterocycles. The summed E-state index contributed by atoms with van der Waals surface area (Å²) >= 11 is 0. The third kappa shape index (κ3) is 7.04. The minimum Gasteiger partial charge on any atom is -0.390 e. The fourth-order valence-electron chi connectivity index (χ4n) is 7.62. The molecule has 0 fully saturated rings. The molecule has 10 rings (SSSR count). The third-order valence-electron chi connectivity index (χ3n) is 10.4. The molecule has 1 N–H and O–H groups in total. The zero-order valence-corrected chi connectivity index (χ0v) is 31.5. The maximum absolute atomic E-state index is 9.67. The van der Waals surface area contributed by atoms with Crippen LogP contribution < -0.4 is 0 Å². The van der Waals surface area contributed by atoms with Crippen LogP contribution in [0.1, 0.15) is 45.0 Å². The van der Waals surface area contributed by atoms with Crippen molar-refractivity contribution in [3.05, 3.63) is 215 Å². The first-order valence-corrected chi connectivity index (χ1v) is 19.0. The Hall–Kier alpha value is -7.00. The summed E-state index contributed by atoms with van der Waals surface area (Å²) in [4.78, 5) is 18.9. The highest BCUT2D eigenvalue weighted by atomic mass is 16.5. The van der Waals surface area contributed by atoms with Crippen LogP contribution in [0.3, 0.4) is 0 Å². The zero-order valence-electron chi connectivity index (χ0n) is 31.5. The normalized spacial score (nSPS) is 12.7. The molecule has 8 nitrogen and oxygen atoms in total. The molecule has 0 radical (unpaired) electrons. The van der Waals surface area contributed by atoms with E-state index in [0.29, 0.717) is 25.4 Å². The van der Waals surface area contributed by atoms with E-state index in [1.807, 2.05) is 42.7 Å². The van der Waals surface area contributed by atoms with Gasteiger partial charge in [0.2, 0.25) is 0 Å². The number of aliphatic hydroxyl groups excluding tert-OH is 1. The molecular weight excluding hydrogens is 705 g/mol. The van der Waals surface area contributed by atoms with Crippen LogP contribution in [-0.2, 0) is 31.0 Å². The molecule has 8 heteroatoms. The summed E-state index contributed by atoms with van der Waals surface area (Å²) in [5, 5.41) is 9.67. The minimum atomic E-state index is -0.0873. The van der Waals surface area contributed by atoms with Crippen LogP contribution in [0.4, 0.5) is 0 Å². The number of methoxy groups -OCH3 is 1. The molecule has 2 aliphatic heterocycles. The van der Waals surface area contributed by atoms with Crippen molar-refractivity contribution in [1.29, 1.82) is 0 Å². The van der Waals surface area contributed by atoms with E-state index < -0.39 is 0 Å². The van der Waals surface area contributed by atoms with E-state index in [1.54, 1.807) is 13.4 Å². The van der Waals surface area contributed by atoms with Crippen LogP contribution in [0, 0.1) is 0 Å². The zero-order chi connectivity index (χ0) is 38.6. The van der Waals surface area contributed by atoms with Gasteiger partial charge in [0.25, 0.3) is 0 Å². The number of rotatable bonds is 7. The molecule has 0 bridgehead atoms. The number of nitrogens with zero attached hydrogens (tertiary/aromatic N) is 6. The first-order chi connectivity index (χ1) is 28.2. The lowest BCUT2D eigenvalue weighted by molar-refractivity contribution is 0.181. The van der Waals surface area contributed by atoms with Crippen LogP contribution in [-0.4, -0.2) is 42.7 Å². The number of ether oxygens (including phenoxy) is 1. The van der Waals surface area contributed by atoms with Gasteiger partial charge in [-0.3, -0.25) is 9.98 Å². The predicted molar refractivity (Wildman–Crippen MR) is 226 cm³/mol. The summed E-state index contributed by atoms with van der Waals surface area (Å²) in [7, 11) is 1.70. The second kappa shape index (κ2) is 16.0. The molecule has 2 aliphatic rings. The molecule has 57 heavy (non-hydrogen) atoms. The Morgan fingerprint density at radius 1 is 0.491 bits per heavy atom. The molecule has 0 unspecified atom stereocenters. The molecule has 0 aliphatic carbocycles. The second-order valence-corrected chi connectivity index (χ2v) is 13.9. The van der Waals surface area contributed by atoms with Crippen molar-refractivity contribution in [2.75, 3.05) is 7.11 Å². The van der Waals surface area contributed by atoms with Crippen molar-refractivity contribution in [2.45, 2.75) is 26.3 Å². The fraction of sp³-hybridized carbons (Fsp3) is 0.102. The van der Waals surface area contributed by atoms with Crippen molar-refractivity contribution >= 4 is 11.4 Å². The summed E-state index contributed by atoms with van der Waals surface area (Å²) in [6.07, 6.45) is 3.67. The average molecular weight is 745 g/mol. The van der Waals surface area contributed by atoms with E-state index in [0.717, 1.165) is 67.7 Å². The topological polar surface area (TPSA) is 89.8 Å². The summed E-state index contributed by atoms with van der Waals surface area (Å²) in [6, 6.07) is 54.5. The number of benzene rings is 6. The molecule has 0 spiro atoms. The Labute approximate surface area is 331 Å². The first kappa shape index (κ1) is 35.7. The lowest BCUT2D eigenvalue weighted by Gasteiger charge is -2.14. The maximum Gasteiger partial charge on any atom is 0.0999 e. The smallest absolute Gasteiger partial charge is 0.0999 e. The van der Waals surface area contributed by atoms with Gasteiger partial charge in [-0.1, -0.05) is 133 Å². The minimum absolute atomic E-state index is 0.0873. The van der Waals surface area contributed by atoms with E-state index in [2.05, 4.69) is 140 Å². The molecule has 0 atom stereocenters. The van der Waals surface area contributed by atoms with E-state index >= 15 is 0 Å². The van der Waals surface area contributed by atoms with Gasteiger partial charge in [0, 0.05) is 29.4 Å². The van der Waals surface area contributed by atoms with Crippen molar-refractivity contribution in [2.24, 2.45) is 9.98 Å². The van der Waals surface area contributed by atoms with Crippen molar-refractivity contribution in [3.8, 4) is 33.6 Å². The molecule has 4 heterocycles. The predicted octanol–water partition coefficient (Wildman–Crippen LogP) is 9.42. The Morgan fingerprint density at radius 3 is 1.32 bits per heavy atom. The Morgan fingerprint density at radius 2 is 0.895 bits per heavy atom. The monoisotopic (exact) mass is 744 g/mol. The Balaban J connectivity index is 0.000000148. The van der Waals surface area contributed by atoms with Gasteiger partial charge in [0.1, 0.15) is 0 Å². The maximum atomic E-state index is 9.67. The van der Waals surface area contributed by atoms with Gasteiger partial charge >= 0.3 is 0 Å². The van der Waals surface area contributed by atoms with Gasteiger partial charge in [-0.05, 0) is 46.5 Å². The quantitative estimate of drug-likeness (QED) is 0.176. The van der Waals surface area contributed by atoms with Gasteiger partial charge < -0.3 is 19.0 Å². The molecule has 278 valence electrons. The second-order valence-electron chi connectivity index (χ2n) is 13.9. The SMILES string of the molecule is COCc1ncn2c1CN=C(c1ccccc1)c1cc(-c3ccccc3)ccc1-2.OCc1ncn2c1CN=C(c1ccccc1)c1cc(-c3ccccc3)ccc1-2. The van der Waals surface area contributed by atoms with Crippen molar-refractivity contribution < 1.29 is 9.84 Å². The molecular formula is C49H40N6O2. The standard InChI is InChI=1S/C25H21N3O.C24H19N3O/c1-29-16-22-24-15-26-25(19-10-6-3-7-11-19)21-14-20(18-8-4-2-5-9-18)12-13-23(21)28(24)17-27-22;28-15-21-23-14-25-24(18-9-5-2-6-10-18)20-13-19(17-7-3-1-4-8-17)11-12-22(20)27(23)16-26-21/h2-14,17H,15-16H2,1H3;1-13,16,28H,14-15H2. The molecule has 6 aromatic carbocycles. The van der Waals surface area contributed by atoms with Crippen LogP contribution in [0.2, 0.25) is 0 Å². The highest BCUT2D eigenvalue weighted by Crippen LogP contribution is 2.33. The lowest BCUT2D eigenvalue weighted by atomic mass is 9.96. The van der Waals surface area contributed by atoms with Crippen LogP contribution in [0.15, 0.2) is 180 Å². The van der Waals surface area contributed by atoms with Gasteiger partial charge in [-0.25, -0.2) is 9.97 Å². The summed E-state index contributed by atoms with van der Waals surface area (Å²) in [5.41, 5.74) is 16.8. The average Bonchev–Trinajstić information content (AvgIpc) is 3.79. The lowest BCUT2D eigenvalue weighted by Crippen LogP contribution is -2.07. The van der Waals surface area contributed by atoms with E-state index in [1.165, 1.54) is 16.7 Å². The Kier molecular flexibility index (Phi) is 10.0. The molecule has 0 amide bonds. The van der Waals surface area contributed by atoms with Gasteiger partial charge in [0.15, 0.2) is 0 Å². The summed E-state index contributed by atoms with van der Waals surface area (Å²) in [6.45, 7) is 1.44. The van der Waals surface area contributed by atoms with Crippen molar-refractivity contribution in [1.82, 2.24) is 19.1 Å². The van der Waals surface area contributed by atoms with Crippen molar-refractivity contribution in [3.63, 3.8) is 0 Å². The van der Waals surface area contributed by atoms with Gasteiger partial charge in [0.05, 0.1) is 84.5 Å². The van der Waals surface area contributed by atoms with Gasteiger partial charge in [-0.2, -0.15) is 0 Å². The number of aliphatic imine (C=N–C) groups is 2. The van der Waals surface area contributed by atoms with Crippen LogP contribution in [0.25, 0.3) is 33.6 Å². The van der Waals surface area contributed by atoms with E-state index in [9.17, 15) is 5.11 Å². The fourth-order valence-corrected chi connectivity index (χ4v) is 7.62. The summed E-state index contributed by atoms with van der Waals surface area (Å²) in [5.74, 6) is 0. The Bertz CT molecular complexity index is 2720. The highest BCUT2D eigenvalue weighted by molar-refractivity contribution is 6.16. The van der Waals surface area contributed by atoms with Crippen LogP contribution in [0.5, 0.6) is 0 Å². The highest BCUT2D eigenvalue weighted by Gasteiger charge is 2.24. The van der Waals surface area contributed by atoms with Crippen LogP contribution >= 0.6 is 0 Å². The number of fused-ring (bicyclic) bond motifs is 6. The number of aliphatic hydroxyl groups is 1. The number of hydrogen-bond donors (Lipinski definition) is 1. The number of aromatic nitrogens is 4. The largest absolute Gasteiger partial charge is 0.390 e. The molecule has 8 aromatic rings.